The molecule has 1 N–H and O–H groups in total. The number of rotatable bonds is 5. The van der Waals surface area contributed by atoms with Crippen LogP contribution in [0.25, 0.3) is 11.4 Å². The van der Waals surface area contributed by atoms with Crippen LogP contribution in [-0.2, 0) is 22.7 Å². The third-order valence-corrected chi connectivity index (χ3v) is 5.65. The summed E-state index contributed by atoms with van der Waals surface area (Å²) in [5.74, 6) is -1.10. The molecule has 0 radical (unpaired) electrons. The highest BCUT2D eigenvalue weighted by molar-refractivity contribution is 6.30. The Hall–Kier alpha value is -2.25. The lowest BCUT2D eigenvalue weighted by atomic mass is 9.77. The van der Waals surface area contributed by atoms with Gasteiger partial charge in [0, 0.05) is 31.6 Å². The Morgan fingerprint density at radius 3 is 2.73 bits per heavy atom. The van der Waals surface area contributed by atoms with Gasteiger partial charge in [-0.1, -0.05) is 32.4 Å². The van der Waals surface area contributed by atoms with Crippen molar-refractivity contribution in [2.24, 2.45) is 11.3 Å². The molecule has 0 bridgehead atoms. The van der Waals surface area contributed by atoms with Gasteiger partial charge in [0.2, 0.25) is 5.91 Å². The molecule has 1 aliphatic heterocycles. The maximum atomic E-state index is 14.6. The summed E-state index contributed by atoms with van der Waals surface area (Å²) in [6, 6.07) is 4.39. The fraction of sp³-hybridized carbons (Fsp3) is 0.500. The molecule has 0 fully saturated rings. The monoisotopic (exact) mass is 435 g/mol. The third kappa shape index (κ3) is 4.57. The number of nitrogens with zero attached hydrogens (tertiary/aromatic N) is 2. The number of nitrogens with one attached hydrogen (secondary N) is 1. The number of hydrogen-bond acceptors (Lipinski definition) is 4. The van der Waals surface area contributed by atoms with Crippen molar-refractivity contribution in [2.45, 2.75) is 46.8 Å². The number of benzene rings is 1. The molecule has 162 valence electrons. The molecule has 2 aromatic rings. The lowest BCUT2D eigenvalue weighted by Crippen LogP contribution is -2.37. The highest BCUT2D eigenvalue weighted by atomic mass is 35.5. The van der Waals surface area contributed by atoms with Gasteiger partial charge in [-0.15, -0.1) is 0 Å². The number of carbonyl (C=O) groups is 2. The van der Waals surface area contributed by atoms with Crippen LogP contribution in [0.3, 0.4) is 0 Å². The van der Waals surface area contributed by atoms with E-state index in [1.807, 2.05) is 25.3 Å². The zero-order chi connectivity index (χ0) is 22.1. The van der Waals surface area contributed by atoms with E-state index in [0.29, 0.717) is 24.7 Å². The van der Waals surface area contributed by atoms with Gasteiger partial charge in [0.05, 0.1) is 23.8 Å². The van der Waals surface area contributed by atoms with Crippen LogP contribution < -0.4 is 5.32 Å². The number of carbonyl (C=O) groups excluding carboxylic acids is 2. The van der Waals surface area contributed by atoms with Gasteiger partial charge >= 0.3 is 0 Å². The van der Waals surface area contributed by atoms with Gasteiger partial charge in [0.25, 0.3) is 0 Å². The second-order valence-corrected chi connectivity index (χ2v) is 9.01. The maximum absolute atomic E-state index is 14.6. The number of hydrogen-bond donors (Lipinski definition) is 1. The molecule has 1 aromatic heterocycles. The summed E-state index contributed by atoms with van der Waals surface area (Å²) in [5, 5.41) is 2.93. The highest BCUT2D eigenvalue weighted by Crippen LogP contribution is 2.33. The van der Waals surface area contributed by atoms with Crippen molar-refractivity contribution in [3.8, 4) is 11.4 Å². The van der Waals surface area contributed by atoms with E-state index in [1.54, 1.807) is 19.2 Å². The van der Waals surface area contributed by atoms with Crippen molar-refractivity contribution in [1.82, 2.24) is 14.9 Å². The highest BCUT2D eigenvalue weighted by Gasteiger charge is 2.35. The molecule has 0 spiro atoms. The zero-order valence-electron chi connectivity index (χ0n) is 17.7. The lowest BCUT2D eigenvalue weighted by molar-refractivity contribution is -0.127. The second-order valence-electron chi connectivity index (χ2n) is 8.57. The third-order valence-electron chi connectivity index (χ3n) is 5.42. The van der Waals surface area contributed by atoms with Crippen LogP contribution in [0.1, 0.15) is 49.8 Å². The van der Waals surface area contributed by atoms with Crippen LogP contribution in [-0.4, -0.2) is 34.9 Å². The number of aromatic nitrogens is 2. The van der Waals surface area contributed by atoms with Crippen LogP contribution >= 0.6 is 11.6 Å². The summed E-state index contributed by atoms with van der Waals surface area (Å²) in [4.78, 5) is 30.2. The van der Waals surface area contributed by atoms with Crippen LogP contribution in [0.15, 0.2) is 18.2 Å². The predicted octanol–water partition coefficient (Wildman–Crippen LogP) is 4.24. The van der Waals surface area contributed by atoms with E-state index >= 15 is 0 Å². The Kier molecular flexibility index (Phi) is 6.62. The van der Waals surface area contributed by atoms with Crippen molar-refractivity contribution in [1.29, 1.82) is 0 Å². The molecule has 3 rings (SSSR count). The molecule has 1 aromatic carbocycles. The van der Waals surface area contributed by atoms with E-state index in [-0.39, 0.29) is 41.0 Å². The van der Waals surface area contributed by atoms with E-state index in [9.17, 15) is 14.0 Å². The molecule has 1 aliphatic rings. The van der Waals surface area contributed by atoms with Crippen molar-refractivity contribution < 1.29 is 18.7 Å². The average molecular weight is 436 g/mol. The smallest absolute Gasteiger partial charge is 0.223 e. The van der Waals surface area contributed by atoms with Gasteiger partial charge in [0.1, 0.15) is 17.3 Å². The fourth-order valence-electron chi connectivity index (χ4n) is 3.72. The van der Waals surface area contributed by atoms with Gasteiger partial charge in [-0.25, -0.2) is 9.37 Å². The molecule has 1 amide bonds. The number of ether oxygens (including phenoxy) is 1. The minimum Gasteiger partial charge on any atom is -0.375 e. The quantitative estimate of drug-likeness (QED) is 0.713. The van der Waals surface area contributed by atoms with Crippen molar-refractivity contribution in [2.75, 3.05) is 13.7 Å². The summed E-state index contributed by atoms with van der Waals surface area (Å²) < 4.78 is 22.1. The normalized spacial score (nSPS) is 15.3. The molecular formula is C22H27ClFN3O3. The lowest BCUT2D eigenvalue weighted by Gasteiger charge is -2.28. The van der Waals surface area contributed by atoms with E-state index in [1.165, 1.54) is 6.07 Å². The minimum absolute atomic E-state index is 0.00965. The summed E-state index contributed by atoms with van der Waals surface area (Å²) in [6.07, 6.45) is 0.734. The molecule has 0 unspecified atom stereocenters. The Bertz CT molecular complexity index is 965. The first-order valence-corrected chi connectivity index (χ1v) is 10.4. The van der Waals surface area contributed by atoms with E-state index in [2.05, 4.69) is 10.3 Å². The number of fused-ring (bicyclic) bond motifs is 1. The van der Waals surface area contributed by atoms with Crippen molar-refractivity contribution in [3.05, 3.63) is 40.4 Å². The first kappa shape index (κ1) is 22.4. The van der Waals surface area contributed by atoms with Gasteiger partial charge in [-0.3, -0.25) is 9.59 Å². The summed E-state index contributed by atoms with van der Waals surface area (Å²) >= 11 is 5.89. The Morgan fingerprint density at radius 1 is 1.37 bits per heavy atom. The first-order valence-electron chi connectivity index (χ1n) is 10.0. The van der Waals surface area contributed by atoms with Gasteiger partial charge in [-0.2, -0.15) is 0 Å². The van der Waals surface area contributed by atoms with Crippen LogP contribution in [0.2, 0.25) is 5.02 Å². The fourth-order valence-corrected chi connectivity index (χ4v) is 3.87. The second kappa shape index (κ2) is 8.86. The standard InChI is InChI=1S/C22H27ClFN3O3/c1-22(2,3)15(21(29)25-4)11-18(28)19-17-12-30-9-5-8-27(17)20(26-19)14-7-6-13(23)10-16(14)24/h6-7,10,15H,5,8-9,11-12H2,1-4H3,(H,25,29)/t15-/m1/s1. The van der Waals surface area contributed by atoms with Crippen LogP contribution in [0.4, 0.5) is 4.39 Å². The predicted molar refractivity (Wildman–Crippen MR) is 113 cm³/mol. The number of halogens is 2. The summed E-state index contributed by atoms with van der Waals surface area (Å²) in [6.45, 7) is 7.08. The number of ketones is 1. The number of imidazole rings is 1. The molecule has 30 heavy (non-hydrogen) atoms. The average Bonchev–Trinajstić information content (AvgIpc) is 2.85. The molecule has 0 aliphatic carbocycles. The Labute approximate surface area is 180 Å². The SMILES string of the molecule is CNC(=O)[C@@H](CC(=O)c1nc(-c2ccc(Cl)cc2F)n2c1COCCC2)C(C)(C)C. The molecule has 1 atom stereocenters. The Balaban J connectivity index is 2.05. The largest absolute Gasteiger partial charge is 0.375 e. The number of amides is 1. The van der Waals surface area contributed by atoms with Gasteiger partial charge in [0.15, 0.2) is 5.78 Å². The molecule has 2 heterocycles. The van der Waals surface area contributed by atoms with Gasteiger partial charge in [-0.05, 0) is 30.0 Å². The van der Waals surface area contributed by atoms with E-state index in [0.717, 1.165) is 6.42 Å². The first-order chi connectivity index (χ1) is 14.1. The molecule has 0 saturated carbocycles. The van der Waals surface area contributed by atoms with Crippen molar-refractivity contribution in [3.63, 3.8) is 0 Å². The van der Waals surface area contributed by atoms with E-state index in [4.69, 9.17) is 16.3 Å². The summed E-state index contributed by atoms with van der Waals surface area (Å²) in [7, 11) is 1.56. The summed E-state index contributed by atoms with van der Waals surface area (Å²) in [5.41, 5.74) is 0.722. The molecular weight excluding hydrogens is 409 g/mol. The number of Topliss-reactive ketones (excluding diaryl/α,β-unsaturated/α-hetero) is 1. The minimum atomic E-state index is -0.519. The zero-order valence-corrected chi connectivity index (χ0v) is 18.5. The van der Waals surface area contributed by atoms with Crippen molar-refractivity contribution >= 4 is 23.3 Å². The molecule has 0 saturated heterocycles. The molecule has 6 nitrogen and oxygen atoms in total. The van der Waals surface area contributed by atoms with Crippen LogP contribution in [0.5, 0.6) is 0 Å². The Morgan fingerprint density at radius 2 is 2.10 bits per heavy atom. The molecule has 8 heteroatoms. The van der Waals surface area contributed by atoms with Crippen LogP contribution in [0, 0.1) is 17.2 Å². The topological polar surface area (TPSA) is 73.2 Å². The maximum Gasteiger partial charge on any atom is 0.223 e. The van der Waals surface area contributed by atoms with E-state index < -0.39 is 17.2 Å². The van der Waals surface area contributed by atoms with Gasteiger partial charge < -0.3 is 14.6 Å².